The second kappa shape index (κ2) is 5.39. The second-order valence-corrected chi connectivity index (χ2v) is 5.64. The Labute approximate surface area is 132 Å². The van der Waals surface area contributed by atoms with E-state index < -0.39 is 30.2 Å². The van der Waals surface area contributed by atoms with Crippen molar-refractivity contribution in [3.8, 4) is 0 Å². The number of fused-ring (bicyclic) bond motifs is 1. The van der Waals surface area contributed by atoms with Crippen LogP contribution in [0.15, 0.2) is 18.5 Å². The molecule has 0 spiro atoms. The van der Waals surface area contributed by atoms with Crippen molar-refractivity contribution in [3.05, 3.63) is 24.2 Å². The lowest BCUT2D eigenvalue weighted by Gasteiger charge is -2.38. The Morgan fingerprint density at radius 1 is 1.48 bits per heavy atom. The molecule has 1 saturated heterocycles. The molecule has 23 heavy (non-hydrogen) atoms. The number of nitrogens with two attached hydrogens (primary N) is 1. The average molecular weight is 324 g/mol. The lowest BCUT2D eigenvalue weighted by molar-refractivity contribution is -0.300. The van der Waals surface area contributed by atoms with Crippen molar-refractivity contribution in [3.63, 3.8) is 0 Å². The first-order valence-electron chi connectivity index (χ1n) is 7.30. The number of hydrogen-bond acceptors (Lipinski definition) is 8. The molecule has 1 aliphatic heterocycles. The Morgan fingerprint density at radius 2 is 2.22 bits per heavy atom. The van der Waals surface area contributed by atoms with Crippen LogP contribution in [0.4, 0.5) is 5.82 Å². The molecule has 3 rings (SSSR count). The number of aliphatic hydroxyl groups excluding tert-OH is 2. The van der Waals surface area contributed by atoms with Gasteiger partial charge >= 0.3 is 0 Å². The zero-order chi connectivity index (χ0) is 16.8. The van der Waals surface area contributed by atoms with Gasteiger partial charge in [0.2, 0.25) is 5.79 Å². The zero-order valence-electron chi connectivity index (χ0n) is 12.9. The van der Waals surface area contributed by atoms with Crippen molar-refractivity contribution < 1.29 is 24.8 Å². The lowest BCUT2D eigenvalue weighted by atomic mass is 9.88. The van der Waals surface area contributed by atoms with Gasteiger partial charge in [-0.1, -0.05) is 0 Å². The van der Waals surface area contributed by atoms with Gasteiger partial charge in [-0.25, -0.2) is 9.50 Å². The Hall–Kier alpha value is -1.78. The monoisotopic (exact) mass is 324 g/mol. The largest absolute Gasteiger partial charge is 0.394 e. The first-order valence-corrected chi connectivity index (χ1v) is 7.30. The summed E-state index contributed by atoms with van der Waals surface area (Å²) in [5.41, 5.74) is 4.88. The maximum Gasteiger partial charge on any atom is 0.245 e. The molecule has 9 heteroatoms. The summed E-state index contributed by atoms with van der Waals surface area (Å²) in [5, 5.41) is 34.8. The molecule has 0 radical (unpaired) electrons. The van der Waals surface area contributed by atoms with Crippen LogP contribution in [0, 0.1) is 0 Å². The molecule has 126 valence electrons. The third-order valence-corrected chi connectivity index (χ3v) is 4.26. The van der Waals surface area contributed by atoms with E-state index in [0.717, 1.165) is 0 Å². The maximum atomic E-state index is 10.9. The minimum atomic E-state index is -1.82. The van der Waals surface area contributed by atoms with Gasteiger partial charge in [0.05, 0.1) is 6.61 Å². The van der Waals surface area contributed by atoms with Gasteiger partial charge in [-0.15, -0.1) is 0 Å². The SMILES string of the molecule is CCOC1(c2ccc3c(N)ncnn23)O[C@H](CO)[C@@H](O)[C@@]1(C)O. The Kier molecular flexibility index (Phi) is 3.77. The van der Waals surface area contributed by atoms with Gasteiger partial charge in [0.1, 0.15) is 29.7 Å². The van der Waals surface area contributed by atoms with Crippen molar-refractivity contribution in [1.82, 2.24) is 14.6 Å². The van der Waals surface area contributed by atoms with Crippen LogP contribution in [0.1, 0.15) is 19.5 Å². The van der Waals surface area contributed by atoms with Gasteiger partial charge in [0.25, 0.3) is 0 Å². The summed E-state index contributed by atoms with van der Waals surface area (Å²) in [4.78, 5) is 3.91. The third-order valence-electron chi connectivity index (χ3n) is 4.26. The highest BCUT2D eigenvalue weighted by Gasteiger charge is 2.65. The molecule has 5 N–H and O–H groups in total. The van der Waals surface area contributed by atoms with Gasteiger partial charge in [0, 0.05) is 6.61 Å². The molecule has 2 aromatic heterocycles. The van der Waals surface area contributed by atoms with Gasteiger partial charge in [-0.05, 0) is 26.0 Å². The smallest absolute Gasteiger partial charge is 0.245 e. The molecule has 2 aromatic rings. The minimum Gasteiger partial charge on any atom is -0.394 e. The normalized spacial score (nSPS) is 34.3. The summed E-state index contributed by atoms with van der Waals surface area (Å²) in [7, 11) is 0. The first kappa shape index (κ1) is 16.1. The lowest BCUT2D eigenvalue weighted by Crippen LogP contribution is -2.54. The number of nitrogen functional groups attached to an aromatic ring is 1. The van der Waals surface area contributed by atoms with Crippen LogP contribution < -0.4 is 5.73 Å². The van der Waals surface area contributed by atoms with Crippen LogP contribution in [0.25, 0.3) is 5.52 Å². The first-order chi connectivity index (χ1) is 10.9. The number of nitrogens with zero attached hydrogens (tertiary/aromatic N) is 3. The molecule has 0 aromatic carbocycles. The number of hydrogen-bond donors (Lipinski definition) is 4. The number of ether oxygens (including phenoxy) is 2. The van der Waals surface area contributed by atoms with E-state index in [-0.39, 0.29) is 12.4 Å². The van der Waals surface area contributed by atoms with Crippen LogP contribution in [-0.2, 0) is 15.3 Å². The summed E-state index contributed by atoms with van der Waals surface area (Å²) < 4.78 is 12.9. The standard InChI is InChI=1S/C14H20N4O5/c1-3-22-14(13(2,21)11(20)9(6-19)23-14)10-5-4-8-12(15)16-7-17-18(8)10/h4-5,7,9,11,19-21H,3,6H2,1-2H3,(H2,15,16,17)/t9-,11-,13-,14?/m1/s1. The van der Waals surface area contributed by atoms with Crippen molar-refractivity contribution in [1.29, 1.82) is 0 Å². The van der Waals surface area contributed by atoms with E-state index in [2.05, 4.69) is 10.1 Å². The second-order valence-electron chi connectivity index (χ2n) is 5.64. The van der Waals surface area contributed by atoms with Crippen LogP contribution in [0.5, 0.6) is 0 Å². The van der Waals surface area contributed by atoms with E-state index in [1.165, 1.54) is 17.8 Å². The molecule has 1 fully saturated rings. The van der Waals surface area contributed by atoms with E-state index in [9.17, 15) is 15.3 Å². The van der Waals surface area contributed by atoms with Gasteiger partial charge in [0.15, 0.2) is 11.4 Å². The molecule has 3 heterocycles. The summed E-state index contributed by atoms with van der Waals surface area (Å²) in [6, 6.07) is 3.31. The summed E-state index contributed by atoms with van der Waals surface area (Å²) in [6.45, 7) is 2.87. The van der Waals surface area contributed by atoms with E-state index in [0.29, 0.717) is 11.2 Å². The molecule has 0 aliphatic carbocycles. The molecule has 0 saturated carbocycles. The van der Waals surface area contributed by atoms with Crippen molar-refractivity contribution in [2.75, 3.05) is 18.9 Å². The van der Waals surface area contributed by atoms with E-state index in [4.69, 9.17) is 15.2 Å². The molecule has 1 unspecified atom stereocenters. The average Bonchev–Trinajstić information content (AvgIpc) is 3.03. The molecular formula is C14H20N4O5. The van der Waals surface area contributed by atoms with Crippen LogP contribution >= 0.6 is 0 Å². The highest BCUT2D eigenvalue weighted by atomic mass is 16.7. The fourth-order valence-corrected chi connectivity index (χ4v) is 3.07. The summed E-state index contributed by atoms with van der Waals surface area (Å²) in [6.07, 6.45) is -1.07. The molecule has 9 nitrogen and oxygen atoms in total. The highest BCUT2D eigenvalue weighted by Crippen LogP contribution is 2.48. The van der Waals surface area contributed by atoms with Gasteiger partial charge in [-0.2, -0.15) is 5.10 Å². The third kappa shape index (κ3) is 2.05. The Bertz CT molecular complexity index is 718. The topological polar surface area (TPSA) is 135 Å². The fourth-order valence-electron chi connectivity index (χ4n) is 3.07. The van der Waals surface area contributed by atoms with Crippen LogP contribution in [0.3, 0.4) is 0 Å². The van der Waals surface area contributed by atoms with Crippen molar-refractivity contribution >= 4 is 11.3 Å². The maximum absolute atomic E-state index is 10.9. The van der Waals surface area contributed by atoms with Crippen LogP contribution in [0.2, 0.25) is 0 Å². The molecular weight excluding hydrogens is 304 g/mol. The quantitative estimate of drug-likeness (QED) is 0.562. The van der Waals surface area contributed by atoms with Crippen molar-refractivity contribution in [2.45, 2.75) is 37.4 Å². The highest BCUT2D eigenvalue weighted by molar-refractivity contribution is 5.65. The summed E-state index contributed by atoms with van der Waals surface area (Å²) >= 11 is 0. The van der Waals surface area contributed by atoms with E-state index in [1.54, 1.807) is 19.1 Å². The minimum absolute atomic E-state index is 0.203. The fraction of sp³-hybridized carbons (Fsp3) is 0.571. The Morgan fingerprint density at radius 3 is 2.83 bits per heavy atom. The van der Waals surface area contributed by atoms with Crippen LogP contribution in [-0.4, -0.2) is 60.9 Å². The van der Waals surface area contributed by atoms with E-state index in [1.807, 2.05) is 0 Å². The number of rotatable bonds is 4. The molecule has 0 bridgehead atoms. The zero-order valence-corrected chi connectivity index (χ0v) is 12.9. The van der Waals surface area contributed by atoms with Crippen molar-refractivity contribution in [2.24, 2.45) is 0 Å². The number of anilines is 1. The summed E-state index contributed by atoms with van der Waals surface area (Å²) in [5.74, 6) is -1.45. The molecule has 4 atom stereocenters. The predicted octanol–water partition coefficient (Wildman–Crippen LogP) is -0.996. The number of aromatic nitrogens is 3. The van der Waals surface area contributed by atoms with Gasteiger partial charge in [-0.3, -0.25) is 0 Å². The molecule has 0 amide bonds. The Balaban J connectivity index is 2.24. The molecule has 1 aliphatic rings. The number of aliphatic hydroxyl groups is 3. The van der Waals surface area contributed by atoms with E-state index >= 15 is 0 Å². The van der Waals surface area contributed by atoms with Gasteiger partial charge < -0.3 is 30.5 Å². The predicted molar refractivity (Wildman–Crippen MR) is 79.3 cm³/mol.